The number of nitrogen functional groups attached to an aromatic ring is 1. The first-order valence-electron chi connectivity index (χ1n) is 6.31. The Hall–Kier alpha value is -2.89. The lowest BCUT2D eigenvalue weighted by Gasteiger charge is -2.10. The molecule has 0 atom stereocenters. The van der Waals surface area contributed by atoms with Crippen molar-refractivity contribution in [2.45, 2.75) is 13.8 Å². The van der Waals surface area contributed by atoms with Crippen molar-refractivity contribution in [1.29, 1.82) is 0 Å². The molecule has 0 aliphatic carbocycles. The van der Waals surface area contributed by atoms with E-state index in [4.69, 9.17) is 5.73 Å². The Labute approximate surface area is 121 Å². The maximum atomic E-state index is 12.1. The van der Waals surface area contributed by atoms with Gasteiger partial charge in [0.1, 0.15) is 0 Å². The average molecular weight is 285 g/mol. The van der Waals surface area contributed by atoms with Crippen molar-refractivity contribution >= 4 is 23.0 Å². The predicted octanol–water partition coefficient (Wildman–Crippen LogP) is 3.05. The molecule has 0 aliphatic rings. The highest BCUT2D eigenvalue weighted by Crippen LogP contribution is 2.26. The first-order valence-corrected chi connectivity index (χ1v) is 6.31. The highest BCUT2D eigenvalue weighted by atomic mass is 16.6. The molecule has 108 valence electrons. The highest BCUT2D eigenvalue weighted by molar-refractivity contribution is 6.05. The Balaban J connectivity index is 2.30. The smallest absolute Gasteiger partial charge is 0.274 e. The van der Waals surface area contributed by atoms with E-state index in [-0.39, 0.29) is 11.6 Å². The van der Waals surface area contributed by atoms with Gasteiger partial charge in [0, 0.05) is 22.9 Å². The predicted molar refractivity (Wildman–Crippen MR) is 81.4 cm³/mol. The van der Waals surface area contributed by atoms with Crippen LogP contribution in [0, 0.1) is 24.0 Å². The minimum Gasteiger partial charge on any atom is -0.399 e. The molecule has 6 nitrogen and oxygen atoms in total. The number of hydrogen-bond acceptors (Lipinski definition) is 4. The Morgan fingerprint density at radius 2 is 1.76 bits per heavy atom. The molecule has 2 aromatic rings. The van der Waals surface area contributed by atoms with E-state index in [1.165, 1.54) is 6.07 Å². The molecule has 0 aromatic heterocycles. The molecule has 0 aliphatic heterocycles. The summed E-state index contributed by atoms with van der Waals surface area (Å²) in [6, 6.07) is 9.50. The Morgan fingerprint density at radius 1 is 1.14 bits per heavy atom. The lowest BCUT2D eigenvalue weighted by Crippen LogP contribution is -2.13. The standard InChI is InChI=1S/C15H15N3O3/c1-9-7-10(2)14(18(20)21)8-13(9)17-15(19)11-3-5-12(16)6-4-11/h3-8H,16H2,1-2H3,(H,17,19). The summed E-state index contributed by atoms with van der Waals surface area (Å²) in [5, 5.41) is 13.6. The third kappa shape index (κ3) is 3.17. The summed E-state index contributed by atoms with van der Waals surface area (Å²) in [5.74, 6) is -0.337. The summed E-state index contributed by atoms with van der Waals surface area (Å²) < 4.78 is 0. The number of carbonyl (C=O) groups excluding carboxylic acids is 1. The van der Waals surface area contributed by atoms with Crippen LogP contribution >= 0.6 is 0 Å². The molecule has 0 fully saturated rings. The summed E-state index contributed by atoms with van der Waals surface area (Å²) >= 11 is 0. The van der Waals surface area contributed by atoms with Crippen LogP contribution in [-0.2, 0) is 0 Å². The number of benzene rings is 2. The Bertz CT molecular complexity index is 709. The quantitative estimate of drug-likeness (QED) is 0.514. The van der Waals surface area contributed by atoms with E-state index >= 15 is 0 Å². The molecule has 3 N–H and O–H groups in total. The zero-order chi connectivity index (χ0) is 15.6. The maximum Gasteiger partial charge on any atom is 0.274 e. The molecule has 21 heavy (non-hydrogen) atoms. The molecule has 2 aromatic carbocycles. The number of amides is 1. The summed E-state index contributed by atoms with van der Waals surface area (Å²) in [6.07, 6.45) is 0. The molecule has 0 bridgehead atoms. The van der Waals surface area contributed by atoms with Gasteiger partial charge in [-0.3, -0.25) is 14.9 Å². The normalized spacial score (nSPS) is 10.2. The van der Waals surface area contributed by atoms with Gasteiger partial charge < -0.3 is 11.1 Å². The monoisotopic (exact) mass is 285 g/mol. The summed E-state index contributed by atoms with van der Waals surface area (Å²) in [7, 11) is 0. The topological polar surface area (TPSA) is 98.3 Å². The molecule has 2 rings (SSSR count). The van der Waals surface area contributed by atoms with Crippen LogP contribution in [0.2, 0.25) is 0 Å². The van der Waals surface area contributed by atoms with Gasteiger partial charge in [0.2, 0.25) is 0 Å². The SMILES string of the molecule is Cc1cc(C)c([N+](=O)[O-])cc1NC(=O)c1ccc(N)cc1. The average Bonchev–Trinajstić information content (AvgIpc) is 2.42. The van der Waals surface area contributed by atoms with Crippen molar-refractivity contribution in [3.8, 4) is 0 Å². The molecule has 1 amide bonds. The Morgan fingerprint density at radius 3 is 2.33 bits per heavy atom. The molecular weight excluding hydrogens is 270 g/mol. The van der Waals surface area contributed by atoms with E-state index in [2.05, 4.69) is 5.32 Å². The van der Waals surface area contributed by atoms with Crippen LogP contribution < -0.4 is 11.1 Å². The van der Waals surface area contributed by atoms with E-state index in [0.29, 0.717) is 22.5 Å². The van der Waals surface area contributed by atoms with Crippen LogP contribution in [0.25, 0.3) is 0 Å². The fourth-order valence-electron chi connectivity index (χ4n) is 2.00. The van der Waals surface area contributed by atoms with Crippen LogP contribution in [0.3, 0.4) is 0 Å². The molecule has 0 heterocycles. The molecule has 0 radical (unpaired) electrons. The number of rotatable bonds is 3. The second-order valence-electron chi connectivity index (χ2n) is 4.79. The zero-order valence-electron chi connectivity index (χ0n) is 11.7. The lowest BCUT2D eigenvalue weighted by molar-refractivity contribution is -0.385. The van der Waals surface area contributed by atoms with Gasteiger partial charge in [0.25, 0.3) is 11.6 Å². The van der Waals surface area contributed by atoms with E-state index < -0.39 is 4.92 Å². The van der Waals surface area contributed by atoms with Gasteiger partial charge in [-0.15, -0.1) is 0 Å². The van der Waals surface area contributed by atoms with Crippen LogP contribution in [0.1, 0.15) is 21.5 Å². The van der Waals surface area contributed by atoms with Gasteiger partial charge in [-0.2, -0.15) is 0 Å². The molecule has 0 saturated carbocycles. The Kier molecular flexibility index (Phi) is 3.89. The second-order valence-corrected chi connectivity index (χ2v) is 4.79. The zero-order valence-corrected chi connectivity index (χ0v) is 11.7. The minimum absolute atomic E-state index is 0.0202. The minimum atomic E-state index is -0.465. The van der Waals surface area contributed by atoms with Crippen LogP contribution in [0.5, 0.6) is 0 Å². The van der Waals surface area contributed by atoms with Crippen molar-refractivity contribution < 1.29 is 9.72 Å². The van der Waals surface area contributed by atoms with Crippen molar-refractivity contribution in [2.24, 2.45) is 0 Å². The first kappa shape index (κ1) is 14.5. The fraction of sp³-hybridized carbons (Fsp3) is 0.133. The summed E-state index contributed by atoms with van der Waals surface area (Å²) in [5.41, 5.74) is 8.30. The number of nitro groups is 1. The third-order valence-corrected chi connectivity index (χ3v) is 3.16. The fourth-order valence-corrected chi connectivity index (χ4v) is 2.00. The number of nitrogens with two attached hydrogens (primary N) is 1. The van der Waals surface area contributed by atoms with Gasteiger partial charge in [-0.05, 0) is 49.7 Å². The van der Waals surface area contributed by atoms with Crippen molar-refractivity contribution in [3.63, 3.8) is 0 Å². The van der Waals surface area contributed by atoms with Crippen LogP contribution in [0.4, 0.5) is 17.1 Å². The molecule has 6 heteroatoms. The maximum absolute atomic E-state index is 12.1. The third-order valence-electron chi connectivity index (χ3n) is 3.16. The van der Waals surface area contributed by atoms with Crippen LogP contribution in [-0.4, -0.2) is 10.8 Å². The first-order chi connectivity index (χ1) is 9.88. The van der Waals surface area contributed by atoms with Gasteiger partial charge in [-0.1, -0.05) is 0 Å². The van der Waals surface area contributed by atoms with Crippen molar-refractivity contribution in [1.82, 2.24) is 0 Å². The van der Waals surface area contributed by atoms with Crippen LogP contribution in [0.15, 0.2) is 36.4 Å². The van der Waals surface area contributed by atoms with E-state index in [1.807, 2.05) is 0 Å². The number of nitrogens with zero attached hydrogens (tertiary/aromatic N) is 1. The molecule has 0 saturated heterocycles. The van der Waals surface area contributed by atoms with Crippen molar-refractivity contribution in [2.75, 3.05) is 11.1 Å². The number of anilines is 2. The lowest BCUT2D eigenvalue weighted by atomic mass is 10.1. The molecule has 0 unspecified atom stereocenters. The van der Waals surface area contributed by atoms with Gasteiger partial charge in [-0.25, -0.2) is 0 Å². The highest BCUT2D eigenvalue weighted by Gasteiger charge is 2.15. The number of hydrogen-bond donors (Lipinski definition) is 2. The van der Waals surface area contributed by atoms with Gasteiger partial charge in [0.15, 0.2) is 0 Å². The second kappa shape index (κ2) is 5.62. The van der Waals surface area contributed by atoms with E-state index in [0.717, 1.165) is 5.56 Å². The summed E-state index contributed by atoms with van der Waals surface area (Å²) in [6.45, 7) is 3.45. The van der Waals surface area contributed by atoms with Gasteiger partial charge in [0.05, 0.1) is 10.6 Å². The van der Waals surface area contributed by atoms with E-state index in [1.54, 1.807) is 44.2 Å². The number of carbonyl (C=O) groups is 1. The summed E-state index contributed by atoms with van der Waals surface area (Å²) in [4.78, 5) is 22.6. The number of aryl methyl sites for hydroxylation is 2. The molecular formula is C15H15N3O3. The number of nitro benzene ring substituents is 1. The van der Waals surface area contributed by atoms with Gasteiger partial charge >= 0.3 is 0 Å². The number of nitrogens with one attached hydrogen (secondary N) is 1. The van der Waals surface area contributed by atoms with Crippen molar-refractivity contribution in [3.05, 3.63) is 63.2 Å². The van der Waals surface area contributed by atoms with E-state index in [9.17, 15) is 14.9 Å². The molecule has 0 spiro atoms. The largest absolute Gasteiger partial charge is 0.399 e.